The Bertz CT molecular complexity index is 535. The summed E-state index contributed by atoms with van der Waals surface area (Å²) in [6, 6.07) is 7.72. The number of nitrogens with two attached hydrogens (primary N) is 1. The van der Waals surface area contributed by atoms with Gasteiger partial charge >= 0.3 is 0 Å². The molecule has 17 heavy (non-hydrogen) atoms. The standard InChI is InChI=1S/C14H16N2O/c15-12-3-1-2-11-13(6-8-16-14(11)12)17-9-7-10-4-5-10/h1-3,6,8,10H,4-5,7,9,15H2. The summed E-state index contributed by atoms with van der Waals surface area (Å²) in [6.45, 7) is 0.790. The maximum Gasteiger partial charge on any atom is 0.130 e. The number of para-hydroxylation sites is 1. The Labute approximate surface area is 101 Å². The van der Waals surface area contributed by atoms with Crippen molar-refractivity contribution in [1.29, 1.82) is 0 Å². The molecule has 0 saturated heterocycles. The first-order valence-electron chi connectivity index (χ1n) is 6.10. The van der Waals surface area contributed by atoms with Gasteiger partial charge in [0, 0.05) is 11.6 Å². The van der Waals surface area contributed by atoms with Crippen LogP contribution in [0.1, 0.15) is 19.3 Å². The molecule has 1 saturated carbocycles. The number of pyridine rings is 1. The van der Waals surface area contributed by atoms with Crippen LogP contribution in [-0.2, 0) is 0 Å². The molecule has 3 nitrogen and oxygen atoms in total. The summed E-state index contributed by atoms with van der Waals surface area (Å²) in [6.07, 6.45) is 5.65. The molecule has 0 unspecified atom stereocenters. The van der Waals surface area contributed by atoms with Gasteiger partial charge in [0.15, 0.2) is 0 Å². The number of fused-ring (bicyclic) bond motifs is 1. The minimum absolute atomic E-state index is 0.704. The van der Waals surface area contributed by atoms with Gasteiger partial charge in [0.25, 0.3) is 0 Å². The Morgan fingerprint density at radius 3 is 3.00 bits per heavy atom. The molecule has 2 N–H and O–H groups in total. The summed E-state index contributed by atoms with van der Waals surface area (Å²) in [5.41, 5.74) is 7.43. The number of benzene rings is 1. The Kier molecular flexibility index (Phi) is 2.59. The fraction of sp³-hybridized carbons (Fsp3) is 0.357. The maximum absolute atomic E-state index is 5.89. The highest BCUT2D eigenvalue weighted by Crippen LogP contribution is 2.33. The number of ether oxygens (including phenoxy) is 1. The molecule has 0 amide bonds. The first-order chi connectivity index (χ1) is 8.34. The largest absolute Gasteiger partial charge is 0.493 e. The third kappa shape index (κ3) is 2.18. The lowest BCUT2D eigenvalue weighted by atomic mass is 10.2. The summed E-state index contributed by atoms with van der Waals surface area (Å²) < 4.78 is 5.83. The van der Waals surface area contributed by atoms with Crippen LogP contribution in [0.3, 0.4) is 0 Å². The van der Waals surface area contributed by atoms with Gasteiger partial charge in [-0.1, -0.05) is 18.9 Å². The first kappa shape index (κ1) is 10.4. The molecule has 2 aromatic rings. The highest BCUT2D eigenvalue weighted by atomic mass is 16.5. The predicted octanol–water partition coefficient (Wildman–Crippen LogP) is 3.00. The average molecular weight is 228 g/mol. The zero-order valence-corrected chi connectivity index (χ0v) is 9.73. The lowest BCUT2D eigenvalue weighted by molar-refractivity contribution is 0.305. The molecule has 1 aliphatic rings. The number of nitrogens with zero attached hydrogens (tertiary/aromatic N) is 1. The number of anilines is 1. The van der Waals surface area contributed by atoms with E-state index in [1.54, 1.807) is 6.20 Å². The summed E-state index contributed by atoms with van der Waals surface area (Å²) in [5, 5.41) is 1.00. The van der Waals surface area contributed by atoms with Crippen molar-refractivity contribution < 1.29 is 4.74 Å². The Balaban J connectivity index is 1.84. The number of aromatic nitrogens is 1. The van der Waals surface area contributed by atoms with E-state index in [9.17, 15) is 0 Å². The van der Waals surface area contributed by atoms with Crippen molar-refractivity contribution in [2.45, 2.75) is 19.3 Å². The predicted molar refractivity (Wildman–Crippen MR) is 69.0 cm³/mol. The van der Waals surface area contributed by atoms with Gasteiger partial charge in [-0.3, -0.25) is 4.98 Å². The third-order valence-corrected chi connectivity index (χ3v) is 3.24. The Hall–Kier alpha value is -1.77. The number of nitrogen functional groups attached to an aromatic ring is 1. The Morgan fingerprint density at radius 1 is 1.29 bits per heavy atom. The monoisotopic (exact) mass is 228 g/mol. The van der Waals surface area contributed by atoms with Crippen molar-refractivity contribution in [2.24, 2.45) is 5.92 Å². The zero-order valence-electron chi connectivity index (χ0n) is 9.73. The molecule has 0 spiro atoms. The van der Waals surface area contributed by atoms with Gasteiger partial charge in [-0.2, -0.15) is 0 Å². The van der Waals surface area contributed by atoms with Crippen LogP contribution in [0.2, 0.25) is 0 Å². The van der Waals surface area contributed by atoms with Crippen molar-refractivity contribution in [3.8, 4) is 5.75 Å². The maximum atomic E-state index is 5.89. The normalized spacial score (nSPS) is 15.1. The minimum Gasteiger partial charge on any atom is -0.493 e. The number of rotatable bonds is 4. The summed E-state index contributed by atoms with van der Waals surface area (Å²) >= 11 is 0. The van der Waals surface area contributed by atoms with E-state index in [4.69, 9.17) is 10.5 Å². The van der Waals surface area contributed by atoms with Crippen molar-refractivity contribution in [3.63, 3.8) is 0 Å². The Morgan fingerprint density at radius 2 is 2.18 bits per heavy atom. The van der Waals surface area contributed by atoms with Crippen LogP contribution in [0.15, 0.2) is 30.5 Å². The summed E-state index contributed by atoms with van der Waals surface area (Å²) in [7, 11) is 0. The van der Waals surface area contributed by atoms with Crippen molar-refractivity contribution in [3.05, 3.63) is 30.5 Å². The lowest BCUT2D eigenvalue weighted by Gasteiger charge is -2.09. The number of hydrogen-bond acceptors (Lipinski definition) is 3. The molecule has 0 aliphatic heterocycles. The lowest BCUT2D eigenvalue weighted by Crippen LogP contribution is -1.99. The van der Waals surface area contributed by atoms with Gasteiger partial charge in [-0.25, -0.2) is 0 Å². The van der Waals surface area contributed by atoms with Crippen LogP contribution in [0.5, 0.6) is 5.75 Å². The summed E-state index contributed by atoms with van der Waals surface area (Å²) in [4.78, 5) is 4.29. The molecule has 1 aromatic carbocycles. The molecule has 3 heteroatoms. The quantitative estimate of drug-likeness (QED) is 0.818. The fourth-order valence-electron chi connectivity index (χ4n) is 2.04. The highest BCUT2D eigenvalue weighted by Gasteiger charge is 2.20. The van der Waals surface area contributed by atoms with E-state index in [2.05, 4.69) is 4.98 Å². The molecule has 1 aliphatic carbocycles. The van der Waals surface area contributed by atoms with E-state index in [0.29, 0.717) is 5.69 Å². The molecule has 88 valence electrons. The van der Waals surface area contributed by atoms with E-state index in [-0.39, 0.29) is 0 Å². The topological polar surface area (TPSA) is 48.1 Å². The SMILES string of the molecule is Nc1cccc2c(OCCC3CC3)ccnc12. The van der Waals surface area contributed by atoms with Crippen LogP contribution >= 0.6 is 0 Å². The zero-order chi connectivity index (χ0) is 11.7. The molecular weight excluding hydrogens is 212 g/mol. The fourth-order valence-corrected chi connectivity index (χ4v) is 2.04. The average Bonchev–Trinajstić information content (AvgIpc) is 3.14. The van der Waals surface area contributed by atoms with Crippen molar-refractivity contribution in [1.82, 2.24) is 4.98 Å². The molecule has 0 bridgehead atoms. The van der Waals surface area contributed by atoms with E-state index < -0.39 is 0 Å². The van der Waals surface area contributed by atoms with Crippen molar-refractivity contribution in [2.75, 3.05) is 12.3 Å². The number of hydrogen-bond donors (Lipinski definition) is 1. The first-order valence-corrected chi connectivity index (χ1v) is 6.10. The van der Waals surface area contributed by atoms with Crippen molar-refractivity contribution >= 4 is 16.6 Å². The van der Waals surface area contributed by atoms with Gasteiger partial charge in [0.2, 0.25) is 0 Å². The smallest absolute Gasteiger partial charge is 0.130 e. The second-order valence-electron chi connectivity index (χ2n) is 4.63. The molecular formula is C14H16N2O. The van der Waals surface area contributed by atoms with E-state index >= 15 is 0 Å². The third-order valence-electron chi connectivity index (χ3n) is 3.24. The molecule has 0 atom stereocenters. The molecule has 3 rings (SSSR count). The van der Waals surface area contributed by atoms with E-state index in [1.165, 1.54) is 12.8 Å². The molecule has 1 aromatic heterocycles. The van der Waals surface area contributed by atoms with Gasteiger partial charge < -0.3 is 10.5 Å². The summed E-state index contributed by atoms with van der Waals surface area (Å²) in [5.74, 6) is 1.79. The van der Waals surface area contributed by atoms with Gasteiger partial charge in [-0.05, 0) is 30.5 Å². The molecule has 1 fully saturated rings. The van der Waals surface area contributed by atoms with Crippen LogP contribution in [0.25, 0.3) is 10.9 Å². The van der Waals surface area contributed by atoms with Crippen LogP contribution < -0.4 is 10.5 Å². The van der Waals surface area contributed by atoms with Crippen LogP contribution in [-0.4, -0.2) is 11.6 Å². The van der Waals surface area contributed by atoms with E-state index in [1.807, 2.05) is 24.3 Å². The minimum atomic E-state index is 0.704. The van der Waals surface area contributed by atoms with Crippen LogP contribution in [0, 0.1) is 5.92 Å². The van der Waals surface area contributed by atoms with Crippen LogP contribution in [0.4, 0.5) is 5.69 Å². The van der Waals surface area contributed by atoms with Gasteiger partial charge in [-0.15, -0.1) is 0 Å². The highest BCUT2D eigenvalue weighted by molar-refractivity contribution is 5.93. The van der Waals surface area contributed by atoms with Gasteiger partial charge in [0.05, 0.1) is 17.8 Å². The molecule has 1 heterocycles. The van der Waals surface area contributed by atoms with E-state index in [0.717, 1.165) is 35.6 Å². The van der Waals surface area contributed by atoms with Gasteiger partial charge in [0.1, 0.15) is 5.75 Å². The second-order valence-corrected chi connectivity index (χ2v) is 4.63. The second kappa shape index (κ2) is 4.24. The molecule has 0 radical (unpaired) electrons.